The number of methoxy groups -OCH3 is 1. The Morgan fingerprint density at radius 1 is 0.957 bits per heavy atom. The number of esters is 1. The van der Waals surface area contributed by atoms with Gasteiger partial charge in [0.05, 0.1) is 35.1 Å². The molecule has 1 aromatic carbocycles. The molecule has 1 aromatic heterocycles. The number of ether oxygens (including phenoxy) is 5. The number of cyclic esters (lactones) is 1. The van der Waals surface area contributed by atoms with E-state index in [9.17, 15) is 39.0 Å². The van der Waals surface area contributed by atoms with E-state index in [1.54, 1.807) is 57.1 Å². The van der Waals surface area contributed by atoms with Gasteiger partial charge in [-0.25, -0.2) is 14.0 Å². The third-order valence-corrected chi connectivity index (χ3v) is 16.0. The Morgan fingerprint density at radius 2 is 1.63 bits per heavy atom. The van der Waals surface area contributed by atoms with E-state index in [0.717, 1.165) is 18.9 Å². The Morgan fingerprint density at radius 3 is 2.23 bits per heavy atom. The minimum atomic E-state index is -1.48. The van der Waals surface area contributed by atoms with Gasteiger partial charge < -0.3 is 53.2 Å². The van der Waals surface area contributed by atoms with Crippen molar-refractivity contribution in [1.29, 1.82) is 0 Å². The zero-order valence-corrected chi connectivity index (χ0v) is 42.6. The maximum absolute atomic E-state index is 15.8. The van der Waals surface area contributed by atoms with Crippen molar-refractivity contribution in [1.82, 2.24) is 19.3 Å². The average molecular weight is 984 g/mol. The molecule has 0 unspecified atom stereocenters. The third kappa shape index (κ3) is 10.2. The molecule has 0 spiro atoms. The van der Waals surface area contributed by atoms with Gasteiger partial charge in [-0.1, -0.05) is 27.7 Å². The van der Waals surface area contributed by atoms with E-state index >= 15 is 4.39 Å². The number of aliphatic hydroxyl groups excluding tert-OH is 1. The molecule has 1 aliphatic carbocycles. The predicted molar refractivity (Wildman–Crippen MR) is 256 cm³/mol. The molecule has 5 aliphatic rings. The summed E-state index contributed by atoms with van der Waals surface area (Å²) >= 11 is 0. The molecule has 2 N–H and O–H groups in total. The fourth-order valence-electron chi connectivity index (χ4n) is 11.8. The number of pyridine rings is 1. The number of carboxylic acid groups (broad SMARTS) is 1. The number of aromatic nitrogens is 1. The van der Waals surface area contributed by atoms with Crippen molar-refractivity contribution in [3.8, 4) is 0 Å². The number of hydrogen-bond acceptors (Lipinski definition) is 15. The van der Waals surface area contributed by atoms with E-state index in [1.807, 2.05) is 30.8 Å². The van der Waals surface area contributed by atoms with Gasteiger partial charge in [0.15, 0.2) is 17.7 Å². The number of amides is 1. The summed E-state index contributed by atoms with van der Waals surface area (Å²) in [5, 5.41) is 21.2. The number of nitrogens with zero attached hydrogens (tertiary/aromatic N) is 5. The molecule has 1 saturated carbocycles. The van der Waals surface area contributed by atoms with Crippen molar-refractivity contribution >= 4 is 46.2 Å². The third-order valence-electron chi connectivity index (χ3n) is 16.0. The van der Waals surface area contributed by atoms with Gasteiger partial charge in [-0.2, -0.15) is 0 Å². The number of rotatable bonds is 12. The van der Waals surface area contributed by atoms with Crippen LogP contribution in [0.15, 0.2) is 23.1 Å². The minimum Gasteiger partial charge on any atom is -0.477 e. The first-order valence-electron chi connectivity index (χ1n) is 25.0. The molecule has 19 heteroatoms. The lowest BCUT2D eigenvalue weighted by Gasteiger charge is -2.47. The lowest BCUT2D eigenvalue weighted by molar-refractivity contribution is -0.295. The van der Waals surface area contributed by atoms with Gasteiger partial charge in [0.1, 0.15) is 35.3 Å². The van der Waals surface area contributed by atoms with E-state index in [4.69, 9.17) is 23.7 Å². The second-order valence-electron chi connectivity index (χ2n) is 21.2. The molecule has 2 aromatic rings. The number of ketones is 2. The van der Waals surface area contributed by atoms with Crippen LogP contribution in [-0.2, 0) is 38.1 Å². The van der Waals surface area contributed by atoms with Crippen LogP contribution in [0.25, 0.3) is 10.9 Å². The number of fused-ring (bicyclic) bond motifs is 2. The normalized spacial score (nSPS) is 35.2. The van der Waals surface area contributed by atoms with Crippen molar-refractivity contribution in [2.75, 3.05) is 65.4 Å². The Bertz CT molecular complexity index is 2370. The molecule has 5 fully saturated rings. The highest BCUT2D eigenvalue weighted by Gasteiger charge is 2.60. The highest BCUT2D eigenvalue weighted by atomic mass is 19.1. The number of carboxylic acids is 1. The zero-order valence-electron chi connectivity index (χ0n) is 42.6. The monoisotopic (exact) mass is 984 g/mol. The second kappa shape index (κ2) is 20.9. The molecule has 0 bridgehead atoms. The van der Waals surface area contributed by atoms with Crippen molar-refractivity contribution in [3.63, 3.8) is 0 Å². The zero-order chi connectivity index (χ0) is 51.3. The average Bonchev–Trinajstić information content (AvgIpc) is 4.13. The summed E-state index contributed by atoms with van der Waals surface area (Å²) in [5.41, 5.74) is -3.06. The number of aliphatic hydroxyl groups is 1. The number of halogens is 1. The van der Waals surface area contributed by atoms with E-state index < -0.39 is 101 Å². The van der Waals surface area contributed by atoms with Crippen LogP contribution >= 0.6 is 0 Å². The van der Waals surface area contributed by atoms with Crippen molar-refractivity contribution in [2.24, 2.45) is 23.7 Å². The standard InChI is InChI=1S/C51H74FN5O13/c1-12-39-51(8)44(29(4)40(58)27(2)25-50(7,66-11)45(30(5)41(59)31(6)47(64)68-39)69-48-43(61)38(53(9)10)22-28(3)67-48)56(49(65)70-51)17-13-16-54-18-20-55(21-19-54)37-24-36-33(23-35(37)52)42(60)34(46(62)63)26-57(36)32-14-15-32/h23-24,26-32,38-39,43-45,48,61H,12-22,25H2,1-11H3,(H,62,63)/t27-,28-,29+,30+,31-,38+,39-,43-,44-,45-,48+,50-,51-/m1/s1. The topological polar surface area (TPSA) is 207 Å². The van der Waals surface area contributed by atoms with Crippen molar-refractivity contribution < 1.29 is 62.3 Å². The van der Waals surface area contributed by atoms with Crippen LogP contribution in [0.4, 0.5) is 14.9 Å². The molecule has 4 saturated heterocycles. The molecule has 4 aliphatic heterocycles. The number of benzene rings is 1. The van der Waals surface area contributed by atoms with Crippen LogP contribution in [0.2, 0.25) is 0 Å². The van der Waals surface area contributed by atoms with Gasteiger partial charge in [-0.3, -0.25) is 24.1 Å². The van der Waals surface area contributed by atoms with Gasteiger partial charge in [-0.15, -0.1) is 0 Å². The fourth-order valence-corrected chi connectivity index (χ4v) is 11.8. The first-order chi connectivity index (χ1) is 33.0. The first-order valence-corrected chi connectivity index (χ1v) is 25.0. The van der Waals surface area contributed by atoms with Gasteiger partial charge >= 0.3 is 18.0 Å². The Labute approximate surface area is 409 Å². The predicted octanol–water partition coefficient (Wildman–Crippen LogP) is 4.89. The SMILES string of the molecule is CC[C@H]1OC(=O)[C@H](C)C(=O)[C@H](C)[C@@H](O[C@@H]2O[C@H](C)C[C@H](N(C)C)[C@H]2O)[C@](C)(OC)C[C@@H](C)C(=O)[C@H](C)[C@H]2N(CCCN3CCN(c4cc5c(cc4F)c(=O)c(C(=O)O)cn5C4CC4)CC3)C(=O)O[C@]12C. The number of likely N-dealkylation sites (N-methyl/N-ethyl adjacent to an activating group) is 1. The summed E-state index contributed by atoms with van der Waals surface area (Å²) in [6.45, 7) is 16.6. The van der Waals surface area contributed by atoms with Gasteiger partial charge in [0, 0.05) is 81.3 Å². The number of carbonyl (C=O) groups is 5. The number of carbonyl (C=O) groups excluding carboxylic acids is 4. The fraction of sp³-hybridized carbons (Fsp3) is 0.725. The van der Waals surface area contributed by atoms with Gasteiger partial charge in [-0.05, 0) is 99.0 Å². The maximum atomic E-state index is 15.8. The minimum absolute atomic E-state index is 0.0378. The van der Waals surface area contributed by atoms with Gasteiger partial charge in [0.2, 0.25) is 5.43 Å². The summed E-state index contributed by atoms with van der Waals surface area (Å²) in [7, 11) is 5.19. The molecular weight excluding hydrogens is 910 g/mol. The van der Waals surface area contributed by atoms with E-state index in [0.29, 0.717) is 56.8 Å². The highest BCUT2D eigenvalue weighted by Crippen LogP contribution is 2.44. The van der Waals surface area contributed by atoms with Crippen LogP contribution in [0.5, 0.6) is 0 Å². The van der Waals surface area contributed by atoms with Crippen LogP contribution in [-0.4, -0.2) is 174 Å². The molecule has 13 atom stereocenters. The summed E-state index contributed by atoms with van der Waals surface area (Å²) in [4.78, 5) is 90.0. The summed E-state index contributed by atoms with van der Waals surface area (Å²) < 4.78 is 48.9. The summed E-state index contributed by atoms with van der Waals surface area (Å²) in [5.74, 6) is -7.24. The lowest BCUT2D eigenvalue weighted by Crippen LogP contribution is -2.60. The quantitative estimate of drug-likeness (QED) is 0.215. The highest BCUT2D eigenvalue weighted by molar-refractivity contribution is 6.00. The van der Waals surface area contributed by atoms with E-state index in [-0.39, 0.29) is 54.3 Å². The summed E-state index contributed by atoms with van der Waals surface area (Å²) in [6.07, 6.45) is -0.916. The van der Waals surface area contributed by atoms with Crippen molar-refractivity contribution in [3.05, 3.63) is 39.9 Å². The Balaban J connectivity index is 1.09. The molecule has 0 radical (unpaired) electrons. The van der Waals surface area contributed by atoms with Crippen LogP contribution in [0, 0.1) is 29.5 Å². The molecule has 388 valence electrons. The number of aromatic carboxylic acids is 1. The molecule has 18 nitrogen and oxygen atoms in total. The number of Topliss-reactive ketones (excluding diaryl/α,β-unsaturated/α-hetero) is 2. The van der Waals surface area contributed by atoms with Gasteiger partial charge in [0.25, 0.3) is 0 Å². The van der Waals surface area contributed by atoms with Crippen LogP contribution in [0.3, 0.4) is 0 Å². The van der Waals surface area contributed by atoms with Crippen LogP contribution < -0.4 is 10.3 Å². The smallest absolute Gasteiger partial charge is 0.410 e. The molecule has 7 rings (SSSR count). The number of piperazine rings is 1. The Kier molecular flexibility index (Phi) is 15.9. The number of hydrogen-bond donors (Lipinski definition) is 2. The first kappa shape index (κ1) is 53.3. The molecular formula is C51H74FN5O13. The molecule has 70 heavy (non-hydrogen) atoms. The maximum Gasteiger partial charge on any atom is 0.410 e. The second-order valence-corrected chi connectivity index (χ2v) is 21.2. The number of anilines is 1. The molecule has 5 heterocycles. The molecule has 1 amide bonds. The largest absolute Gasteiger partial charge is 0.477 e. The van der Waals surface area contributed by atoms with Crippen LogP contribution in [0.1, 0.15) is 110 Å². The Hall–Kier alpha value is -4.53. The van der Waals surface area contributed by atoms with E-state index in [2.05, 4.69) is 4.90 Å². The van der Waals surface area contributed by atoms with E-state index in [1.165, 1.54) is 20.2 Å². The summed E-state index contributed by atoms with van der Waals surface area (Å²) in [6, 6.07) is 1.67. The lowest BCUT2D eigenvalue weighted by atomic mass is 9.73. The van der Waals surface area contributed by atoms with Crippen molar-refractivity contribution in [2.45, 2.75) is 154 Å².